The molecule has 1 amide bonds. The number of nitrogens with zero attached hydrogens (tertiary/aromatic N) is 1. The van der Waals surface area contributed by atoms with Crippen LogP contribution in [-0.4, -0.2) is 17.4 Å². The lowest BCUT2D eigenvalue weighted by molar-refractivity contribution is -0.123. The molecule has 1 aromatic rings. The third kappa shape index (κ3) is 2.55. The number of nitrogens with one attached hydrogen (secondary N) is 1. The molecule has 1 N–H and O–H groups in total. The molecule has 0 aromatic carbocycles. The number of carbonyl (C=O) groups is 1. The Bertz CT molecular complexity index is 506. The van der Waals surface area contributed by atoms with Crippen molar-refractivity contribution in [3.63, 3.8) is 0 Å². The molecule has 1 fully saturated rings. The van der Waals surface area contributed by atoms with E-state index in [0.717, 1.165) is 24.4 Å². The quantitative estimate of drug-likeness (QED) is 0.923. The zero-order valence-corrected chi connectivity index (χ0v) is 12.8. The van der Waals surface area contributed by atoms with Crippen LogP contribution in [0.3, 0.4) is 0 Å². The molecule has 1 aromatic heterocycles. The molecule has 1 heterocycles. The second-order valence-corrected chi connectivity index (χ2v) is 7.91. The highest BCUT2D eigenvalue weighted by atomic mass is 32.1. The summed E-state index contributed by atoms with van der Waals surface area (Å²) in [6.07, 6.45) is 4.58. The molecule has 0 spiro atoms. The highest BCUT2D eigenvalue weighted by Crippen LogP contribution is 2.51. The fraction of sp³-hybridized carbons (Fsp3) is 0.733. The molecule has 19 heavy (non-hydrogen) atoms. The molecule has 3 rings (SSSR count). The summed E-state index contributed by atoms with van der Waals surface area (Å²) in [5.74, 6) is 0.899. The molecular weight excluding hydrogens is 256 g/mol. The summed E-state index contributed by atoms with van der Waals surface area (Å²) < 4.78 is 0. The Balaban J connectivity index is 1.61. The Morgan fingerprint density at radius 2 is 2.26 bits per heavy atom. The summed E-state index contributed by atoms with van der Waals surface area (Å²) >= 11 is 1.82. The van der Waals surface area contributed by atoms with Crippen LogP contribution in [0.15, 0.2) is 0 Å². The summed E-state index contributed by atoms with van der Waals surface area (Å²) in [4.78, 5) is 18.2. The second kappa shape index (κ2) is 4.58. The first kappa shape index (κ1) is 13.1. The predicted octanol–water partition coefficient (Wildman–Crippen LogP) is 3.03. The van der Waals surface area contributed by atoms with Gasteiger partial charge in [-0.25, -0.2) is 4.98 Å². The van der Waals surface area contributed by atoms with E-state index in [1.54, 1.807) is 0 Å². The number of thiazole rings is 1. The zero-order valence-electron chi connectivity index (χ0n) is 12.0. The van der Waals surface area contributed by atoms with E-state index < -0.39 is 0 Å². The highest BCUT2D eigenvalue weighted by Gasteiger charge is 2.50. The van der Waals surface area contributed by atoms with Crippen molar-refractivity contribution in [1.29, 1.82) is 0 Å². The van der Waals surface area contributed by atoms with Gasteiger partial charge in [-0.15, -0.1) is 11.3 Å². The number of carbonyl (C=O) groups excluding carboxylic acids is 1. The first-order valence-electron chi connectivity index (χ1n) is 7.21. The Labute approximate surface area is 118 Å². The van der Waals surface area contributed by atoms with Crippen molar-refractivity contribution in [2.75, 3.05) is 6.54 Å². The van der Waals surface area contributed by atoms with E-state index in [1.807, 2.05) is 11.3 Å². The molecule has 0 saturated heterocycles. The predicted molar refractivity (Wildman–Crippen MR) is 77.4 cm³/mol. The average Bonchev–Trinajstić information content (AvgIpc) is 2.81. The molecule has 104 valence electrons. The van der Waals surface area contributed by atoms with Crippen LogP contribution in [0.5, 0.6) is 0 Å². The fourth-order valence-corrected chi connectivity index (χ4v) is 4.15. The van der Waals surface area contributed by atoms with Gasteiger partial charge in [-0.1, -0.05) is 13.8 Å². The van der Waals surface area contributed by atoms with Crippen LogP contribution in [0.2, 0.25) is 0 Å². The molecule has 1 saturated carbocycles. The Morgan fingerprint density at radius 3 is 2.95 bits per heavy atom. The van der Waals surface area contributed by atoms with Gasteiger partial charge in [0.2, 0.25) is 5.91 Å². The minimum atomic E-state index is 0.221. The van der Waals surface area contributed by atoms with Crippen molar-refractivity contribution in [1.82, 2.24) is 10.3 Å². The van der Waals surface area contributed by atoms with E-state index >= 15 is 0 Å². The number of aryl methyl sites for hydroxylation is 2. The number of amides is 1. The monoisotopic (exact) mass is 278 g/mol. The Morgan fingerprint density at radius 1 is 1.53 bits per heavy atom. The van der Waals surface area contributed by atoms with Gasteiger partial charge in [0, 0.05) is 23.3 Å². The Kier molecular flexibility index (Phi) is 3.16. The normalized spacial score (nSPS) is 27.7. The van der Waals surface area contributed by atoms with E-state index in [4.69, 9.17) is 0 Å². The molecule has 4 heteroatoms. The maximum atomic E-state index is 12.1. The number of hydrogen-bond acceptors (Lipinski definition) is 3. The van der Waals surface area contributed by atoms with Gasteiger partial charge in [0.15, 0.2) is 0 Å². The summed E-state index contributed by atoms with van der Waals surface area (Å²) in [5.41, 5.74) is 1.48. The summed E-state index contributed by atoms with van der Waals surface area (Å²) in [7, 11) is 0. The molecule has 0 aliphatic heterocycles. The fourth-order valence-electron chi connectivity index (χ4n) is 3.09. The maximum absolute atomic E-state index is 12.1. The maximum Gasteiger partial charge on any atom is 0.223 e. The van der Waals surface area contributed by atoms with Gasteiger partial charge in [-0.05, 0) is 38.0 Å². The largest absolute Gasteiger partial charge is 0.355 e. The van der Waals surface area contributed by atoms with E-state index in [-0.39, 0.29) is 17.2 Å². The van der Waals surface area contributed by atoms with Gasteiger partial charge in [0.25, 0.3) is 0 Å². The van der Waals surface area contributed by atoms with Crippen LogP contribution in [-0.2, 0) is 11.2 Å². The van der Waals surface area contributed by atoms with E-state index in [1.165, 1.54) is 23.4 Å². The van der Waals surface area contributed by atoms with Crippen LogP contribution < -0.4 is 5.32 Å². The van der Waals surface area contributed by atoms with Crippen molar-refractivity contribution in [2.45, 2.75) is 52.4 Å². The van der Waals surface area contributed by atoms with Crippen LogP contribution in [0, 0.1) is 18.3 Å². The lowest BCUT2D eigenvalue weighted by Gasteiger charge is -2.21. The van der Waals surface area contributed by atoms with E-state index in [0.29, 0.717) is 5.92 Å². The van der Waals surface area contributed by atoms with Crippen molar-refractivity contribution in [3.05, 3.63) is 15.6 Å². The van der Waals surface area contributed by atoms with Crippen molar-refractivity contribution < 1.29 is 4.79 Å². The van der Waals surface area contributed by atoms with Crippen molar-refractivity contribution >= 4 is 17.2 Å². The standard InChI is InChI=1S/C15H22N2OS/c1-9-17-13-10(5-4-6-12(13)19-9)8-16-14(18)11-7-15(11,2)3/h10-11H,4-8H2,1-3H3,(H,16,18)/t10-,11-/m0/s1. The van der Waals surface area contributed by atoms with Crippen LogP contribution >= 0.6 is 11.3 Å². The van der Waals surface area contributed by atoms with Gasteiger partial charge in [0.05, 0.1) is 10.7 Å². The van der Waals surface area contributed by atoms with Crippen molar-refractivity contribution in [2.24, 2.45) is 11.3 Å². The SMILES string of the molecule is Cc1nc2c(s1)CCC[C@H]2CNC(=O)[C@@H]1CC1(C)C. The third-order valence-corrected chi connectivity index (χ3v) is 5.58. The smallest absolute Gasteiger partial charge is 0.223 e. The molecular formula is C15H22N2OS. The number of hydrogen-bond donors (Lipinski definition) is 1. The molecule has 2 aliphatic carbocycles. The first-order valence-corrected chi connectivity index (χ1v) is 8.03. The number of fused-ring (bicyclic) bond motifs is 1. The Hall–Kier alpha value is -0.900. The van der Waals surface area contributed by atoms with E-state index in [2.05, 4.69) is 31.1 Å². The number of aromatic nitrogens is 1. The zero-order chi connectivity index (χ0) is 13.6. The van der Waals surface area contributed by atoms with Crippen LogP contribution in [0.4, 0.5) is 0 Å². The molecule has 0 radical (unpaired) electrons. The minimum Gasteiger partial charge on any atom is -0.355 e. The third-order valence-electron chi connectivity index (χ3n) is 4.53. The van der Waals surface area contributed by atoms with Gasteiger partial charge in [0.1, 0.15) is 0 Å². The molecule has 0 unspecified atom stereocenters. The number of rotatable bonds is 3. The summed E-state index contributed by atoms with van der Waals surface area (Å²) in [5, 5.41) is 4.30. The topological polar surface area (TPSA) is 42.0 Å². The second-order valence-electron chi connectivity index (χ2n) is 6.62. The van der Waals surface area contributed by atoms with E-state index in [9.17, 15) is 4.79 Å². The van der Waals surface area contributed by atoms with Gasteiger partial charge >= 0.3 is 0 Å². The minimum absolute atomic E-state index is 0.221. The molecule has 3 nitrogen and oxygen atoms in total. The van der Waals surface area contributed by atoms with Gasteiger partial charge in [-0.2, -0.15) is 0 Å². The first-order chi connectivity index (χ1) is 8.97. The summed E-state index contributed by atoms with van der Waals surface area (Å²) in [6.45, 7) is 7.17. The van der Waals surface area contributed by atoms with Crippen LogP contribution in [0.25, 0.3) is 0 Å². The van der Waals surface area contributed by atoms with Crippen molar-refractivity contribution in [3.8, 4) is 0 Å². The molecule has 2 atom stereocenters. The van der Waals surface area contributed by atoms with Gasteiger partial charge < -0.3 is 5.32 Å². The lowest BCUT2D eigenvalue weighted by Crippen LogP contribution is -2.32. The average molecular weight is 278 g/mol. The lowest BCUT2D eigenvalue weighted by atomic mass is 9.91. The summed E-state index contributed by atoms with van der Waals surface area (Å²) in [6, 6.07) is 0. The molecule has 0 bridgehead atoms. The van der Waals surface area contributed by atoms with Gasteiger partial charge in [-0.3, -0.25) is 4.79 Å². The van der Waals surface area contributed by atoms with Crippen LogP contribution in [0.1, 0.15) is 54.6 Å². The highest BCUT2D eigenvalue weighted by molar-refractivity contribution is 7.11. The molecule has 2 aliphatic rings.